The number of benzene rings is 1. The fourth-order valence-corrected chi connectivity index (χ4v) is 4.96. The van der Waals surface area contributed by atoms with Crippen molar-refractivity contribution >= 4 is 68.6 Å². The molecule has 0 fully saturated rings. The summed E-state index contributed by atoms with van der Waals surface area (Å²) >= 11 is 3.09. The van der Waals surface area contributed by atoms with Gasteiger partial charge < -0.3 is 5.73 Å². The number of rotatable bonds is 4. The second-order valence-corrected chi connectivity index (χ2v) is 8.55. The lowest BCUT2D eigenvalue weighted by molar-refractivity contribution is -0.135. The monoisotopic (exact) mass is 469 g/mol. The van der Waals surface area contributed by atoms with E-state index < -0.39 is 11.8 Å². The molecular weight excluding hydrogens is 454 g/mol. The number of nitrogens with zero attached hydrogens (tertiary/aromatic N) is 3. The largest absolute Gasteiger partial charge is 0.399 e. The van der Waals surface area contributed by atoms with Crippen LogP contribution in [0.5, 0.6) is 0 Å². The Morgan fingerprint density at radius 2 is 1.84 bits per heavy atom. The number of carbonyl (C=O) groups excluding carboxylic acids is 2. The highest BCUT2D eigenvalue weighted by Gasteiger charge is 2.30. The van der Waals surface area contributed by atoms with Crippen LogP contribution in [0.2, 0.25) is 0 Å². The molecule has 0 aliphatic carbocycles. The van der Waals surface area contributed by atoms with E-state index in [1.807, 2.05) is 35.0 Å². The molecule has 7 nitrogen and oxygen atoms in total. The Morgan fingerprint density at radius 3 is 2.48 bits per heavy atom. The first kappa shape index (κ1) is 21.0. The Hall–Kier alpha value is -3.27. The molecule has 1 aliphatic rings. The lowest BCUT2D eigenvalue weighted by Gasteiger charge is -2.18. The summed E-state index contributed by atoms with van der Waals surface area (Å²) in [7, 11) is 0. The van der Waals surface area contributed by atoms with Crippen LogP contribution in [0.3, 0.4) is 0 Å². The third-order valence-corrected chi connectivity index (χ3v) is 6.48. The number of fused-ring (bicyclic) bond motifs is 1. The van der Waals surface area contributed by atoms with E-state index in [-0.39, 0.29) is 12.4 Å². The molecule has 2 amide bonds. The van der Waals surface area contributed by atoms with Gasteiger partial charge in [-0.1, -0.05) is 6.07 Å². The predicted octanol–water partition coefficient (Wildman–Crippen LogP) is 4.73. The van der Waals surface area contributed by atoms with Crippen molar-refractivity contribution in [3.63, 3.8) is 0 Å². The van der Waals surface area contributed by atoms with Crippen LogP contribution in [0, 0.1) is 0 Å². The van der Waals surface area contributed by atoms with Crippen LogP contribution in [0.1, 0.15) is 6.92 Å². The summed E-state index contributed by atoms with van der Waals surface area (Å²) in [6.07, 6.45) is 1.31. The van der Waals surface area contributed by atoms with E-state index in [1.165, 1.54) is 17.4 Å². The summed E-state index contributed by atoms with van der Waals surface area (Å²) in [5.74, 6) is 0.0644. The van der Waals surface area contributed by atoms with Gasteiger partial charge in [0.1, 0.15) is 4.83 Å². The predicted molar refractivity (Wildman–Crippen MR) is 127 cm³/mol. The van der Waals surface area contributed by atoms with Crippen LogP contribution >= 0.6 is 35.1 Å². The number of carbonyl (C=O) groups is 2. The van der Waals surface area contributed by atoms with Crippen molar-refractivity contribution in [2.45, 2.75) is 6.92 Å². The third kappa shape index (κ3) is 3.67. The summed E-state index contributed by atoms with van der Waals surface area (Å²) in [5.41, 5.74) is 11.5. The second-order valence-electron chi connectivity index (χ2n) is 6.74. The Morgan fingerprint density at radius 1 is 1.06 bits per heavy atom. The van der Waals surface area contributed by atoms with Gasteiger partial charge in [-0.15, -0.1) is 35.1 Å². The fourth-order valence-electron chi connectivity index (χ4n) is 3.20. The van der Waals surface area contributed by atoms with Gasteiger partial charge in [0, 0.05) is 38.7 Å². The molecule has 5 rings (SSSR count). The topological polar surface area (TPSA) is 101 Å². The zero-order chi connectivity index (χ0) is 20.8. The van der Waals surface area contributed by atoms with Gasteiger partial charge in [0.05, 0.1) is 5.39 Å². The van der Waals surface area contributed by atoms with Gasteiger partial charge in [-0.2, -0.15) is 5.01 Å². The van der Waals surface area contributed by atoms with Crippen molar-refractivity contribution in [2.75, 3.05) is 11.2 Å². The lowest BCUT2D eigenvalue weighted by atomic mass is 10.1. The highest BCUT2D eigenvalue weighted by atomic mass is 35.5. The molecule has 156 valence electrons. The number of aromatic nitrogens is 2. The SMILES string of the molecule is CC1=CC(=O)N(Nc2nc(-c3ccc(N)cc3)nc3scc(-c4cccs4)c23)C1=O.Cl. The van der Waals surface area contributed by atoms with Gasteiger partial charge in [-0.25, -0.2) is 9.97 Å². The number of nitrogen functional groups attached to an aromatic ring is 1. The molecule has 1 aliphatic heterocycles. The zero-order valence-corrected chi connectivity index (χ0v) is 18.6. The third-order valence-electron chi connectivity index (χ3n) is 4.71. The van der Waals surface area contributed by atoms with Gasteiger partial charge in [0.15, 0.2) is 11.6 Å². The minimum Gasteiger partial charge on any atom is -0.399 e. The molecule has 4 heterocycles. The van der Waals surface area contributed by atoms with Crippen LogP contribution in [0.4, 0.5) is 11.5 Å². The maximum Gasteiger partial charge on any atom is 0.275 e. The van der Waals surface area contributed by atoms with Gasteiger partial charge in [0.25, 0.3) is 11.8 Å². The highest BCUT2D eigenvalue weighted by molar-refractivity contribution is 7.18. The first-order chi connectivity index (χ1) is 14.5. The number of hydrogen-bond donors (Lipinski definition) is 2. The number of hydrazine groups is 1. The Labute approximate surface area is 191 Å². The Kier molecular flexibility index (Phi) is 5.48. The molecular formula is C21H16ClN5O2S2. The van der Waals surface area contributed by atoms with Gasteiger partial charge in [0.2, 0.25) is 0 Å². The molecule has 31 heavy (non-hydrogen) atoms. The molecule has 0 spiro atoms. The minimum absolute atomic E-state index is 0. The average Bonchev–Trinajstić information content (AvgIpc) is 3.45. The maximum absolute atomic E-state index is 12.4. The van der Waals surface area contributed by atoms with E-state index in [0.29, 0.717) is 22.9 Å². The van der Waals surface area contributed by atoms with Crippen molar-refractivity contribution < 1.29 is 9.59 Å². The minimum atomic E-state index is -0.425. The smallest absolute Gasteiger partial charge is 0.275 e. The number of anilines is 2. The van der Waals surface area contributed by atoms with Gasteiger partial charge in [-0.3, -0.25) is 15.0 Å². The Balaban J connectivity index is 0.00000231. The molecule has 0 saturated heterocycles. The van der Waals surface area contributed by atoms with Gasteiger partial charge >= 0.3 is 0 Å². The number of nitrogens with one attached hydrogen (secondary N) is 1. The molecule has 1 aromatic carbocycles. The second kappa shape index (κ2) is 8.10. The molecule has 0 atom stereocenters. The van der Waals surface area contributed by atoms with E-state index in [9.17, 15) is 9.59 Å². The molecule has 3 aromatic heterocycles. The summed E-state index contributed by atoms with van der Waals surface area (Å²) < 4.78 is 0. The number of hydrogen-bond acceptors (Lipinski definition) is 8. The van der Waals surface area contributed by atoms with E-state index in [2.05, 4.69) is 10.4 Å². The van der Waals surface area contributed by atoms with Crippen LogP contribution < -0.4 is 11.2 Å². The summed E-state index contributed by atoms with van der Waals surface area (Å²) in [4.78, 5) is 35.9. The number of thiophene rings is 2. The quantitative estimate of drug-likeness (QED) is 0.331. The van der Waals surface area contributed by atoms with Crippen molar-refractivity contribution in [3.8, 4) is 21.8 Å². The van der Waals surface area contributed by atoms with E-state index in [0.717, 1.165) is 31.2 Å². The van der Waals surface area contributed by atoms with Crippen molar-refractivity contribution in [1.29, 1.82) is 0 Å². The first-order valence-corrected chi connectivity index (χ1v) is 10.8. The van der Waals surface area contributed by atoms with Crippen LogP contribution in [-0.2, 0) is 9.59 Å². The Bertz CT molecular complexity index is 1330. The van der Waals surface area contributed by atoms with Gasteiger partial charge in [-0.05, 0) is 42.6 Å². The average molecular weight is 470 g/mol. The molecule has 3 N–H and O–H groups in total. The van der Waals surface area contributed by atoms with Crippen molar-refractivity contribution in [1.82, 2.24) is 15.0 Å². The van der Waals surface area contributed by atoms with E-state index in [1.54, 1.807) is 30.4 Å². The highest BCUT2D eigenvalue weighted by Crippen LogP contribution is 2.40. The van der Waals surface area contributed by atoms with Crippen LogP contribution in [0.15, 0.2) is 58.8 Å². The number of nitrogens with two attached hydrogens (primary N) is 1. The van der Waals surface area contributed by atoms with Crippen LogP contribution in [0.25, 0.3) is 32.0 Å². The number of halogens is 1. The first-order valence-electron chi connectivity index (χ1n) is 9.03. The standard InChI is InChI=1S/C21H15N5O2S2.ClH/c1-11-9-16(27)26(21(11)28)25-19-17-14(15-3-2-8-29-15)10-30-20(17)24-18(23-19)12-4-6-13(22)7-5-12;/h2-10H,22H2,1H3,(H,23,24,25);1H. The molecule has 4 aromatic rings. The van der Waals surface area contributed by atoms with Crippen molar-refractivity contribution in [3.05, 3.63) is 58.8 Å². The zero-order valence-electron chi connectivity index (χ0n) is 16.2. The van der Waals surface area contributed by atoms with Crippen LogP contribution in [-0.4, -0.2) is 26.8 Å². The molecule has 0 bridgehead atoms. The summed E-state index contributed by atoms with van der Waals surface area (Å²) in [6, 6.07) is 11.2. The summed E-state index contributed by atoms with van der Waals surface area (Å²) in [5, 5.41) is 5.77. The number of amides is 2. The molecule has 0 radical (unpaired) electrons. The normalized spacial score (nSPS) is 13.5. The summed E-state index contributed by atoms with van der Waals surface area (Å²) in [6.45, 7) is 1.61. The molecule has 10 heteroatoms. The number of imide groups is 1. The van der Waals surface area contributed by atoms with E-state index in [4.69, 9.17) is 10.7 Å². The molecule has 0 saturated carbocycles. The maximum atomic E-state index is 12.4. The molecule has 0 unspecified atom stereocenters. The lowest BCUT2D eigenvalue weighted by Crippen LogP contribution is -2.36. The van der Waals surface area contributed by atoms with Crippen molar-refractivity contribution in [2.24, 2.45) is 0 Å². The fraction of sp³-hybridized carbons (Fsp3) is 0.0476. The van der Waals surface area contributed by atoms with E-state index >= 15 is 0 Å².